The molecule has 184 valence electrons. The second kappa shape index (κ2) is 11.8. The number of ether oxygens (including phenoxy) is 2. The van der Waals surface area contributed by atoms with Crippen molar-refractivity contribution >= 4 is 17.9 Å². The SMILES string of the molecule is CC(OC(=O)Nc1ocnc1-c1ccc(COC(Cc2ccccc2)C(=O)O)cc1)c1ccccc1. The van der Waals surface area contributed by atoms with Crippen molar-refractivity contribution in [2.75, 3.05) is 5.32 Å². The van der Waals surface area contributed by atoms with Gasteiger partial charge in [-0.25, -0.2) is 14.6 Å². The Morgan fingerprint density at radius 2 is 1.61 bits per heavy atom. The van der Waals surface area contributed by atoms with Crippen LogP contribution in [0.2, 0.25) is 0 Å². The Kier molecular flexibility index (Phi) is 8.10. The molecular weight excluding hydrogens is 460 g/mol. The number of nitrogens with one attached hydrogen (secondary N) is 1. The number of aliphatic carboxylic acids is 1. The molecule has 1 heterocycles. The number of aromatic nitrogens is 1. The van der Waals surface area contributed by atoms with Crippen LogP contribution in [0, 0.1) is 0 Å². The summed E-state index contributed by atoms with van der Waals surface area (Å²) in [5, 5.41) is 12.1. The van der Waals surface area contributed by atoms with Crippen LogP contribution >= 0.6 is 0 Å². The number of carboxylic acids is 1. The number of rotatable bonds is 10. The maximum Gasteiger partial charge on any atom is 0.414 e. The number of anilines is 1. The molecular formula is C28H26N2O6. The van der Waals surface area contributed by atoms with E-state index in [1.54, 1.807) is 19.1 Å². The van der Waals surface area contributed by atoms with Gasteiger partial charge in [0.25, 0.3) is 0 Å². The molecule has 8 nitrogen and oxygen atoms in total. The average Bonchev–Trinajstić information content (AvgIpc) is 3.35. The van der Waals surface area contributed by atoms with E-state index in [0.29, 0.717) is 11.3 Å². The summed E-state index contributed by atoms with van der Waals surface area (Å²) in [6.45, 7) is 1.92. The molecule has 3 aromatic carbocycles. The van der Waals surface area contributed by atoms with E-state index >= 15 is 0 Å². The maximum atomic E-state index is 12.4. The van der Waals surface area contributed by atoms with Gasteiger partial charge in [0.05, 0.1) is 6.61 Å². The van der Waals surface area contributed by atoms with Gasteiger partial charge >= 0.3 is 12.1 Å². The van der Waals surface area contributed by atoms with Crippen LogP contribution in [-0.2, 0) is 27.3 Å². The number of carboxylic acid groups (broad SMARTS) is 1. The Hall–Kier alpha value is -4.43. The van der Waals surface area contributed by atoms with Gasteiger partial charge in [0.15, 0.2) is 12.5 Å². The van der Waals surface area contributed by atoms with E-state index in [0.717, 1.165) is 16.7 Å². The number of hydrogen-bond acceptors (Lipinski definition) is 6. The number of benzene rings is 3. The van der Waals surface area contributed by atoms with Crippen LogP contribution in [0.4, 0.5) is 10.7 Å². The summed E-state index contributed by atoms with van der Waals surface area (Å²) in [6, 6.07) is 26.0. The predicted molar refractivity (Wildman–Crippen MR) is 133 cm³/mol. The molecule has 0 bridgehead atoms. The molecule has 1 amide bonds. The Morgan fingerprint density at radius 1 is 0.944 bits per heavy atom. The van der Waals surface area contributed by atoms with E-state index in [2.05, 4.69) is 10.3 Å². The maximum absolute atomic E-state index is 12.4. The molecule has 0 radical (unpaired) electrons. The van der Waals surface area contributed by atoms with Gasteiger partial charge in [-0.2, -0.15) is 0 Å². The van der Waals surface area contributed by atoms with Crippen LogP contribution in [0.15, 0.2) is 95.7 Å². The van der Waals surface area contributed by atoms with E-state index in [4.69, 9.17) is 13.9 Å². The smallest absolute Gasteiger partial charge is 0.414 e. The average molecular weight is 487 g/mol. The molecule has 0 saturated heterocycles. The molecule has 2 N–H and O–H groups in total. The fraction of sp³-hybridized carbons (Fsp3) is 0.179. The first kappa shape index (κ1) is 24.7. The summed E-state index contributed by atoms with van der Waals surface area (Å²) in [4.78, 5) is 28.2. The first-order valence-corrected chi connectivity index (χ1v) is 11.4. The highest BCUT2D eigenvalue weighted by Gasteiger charge is 2.20. The fourth-order valence-corrected chi connectivity index (χ4v) is 3.62. The summed E-state index contributed by atoms with van der Waals surface area (Å²) < 4.78 is 16.5. The number of carbonyl (C=O) groups is 2. The highest BCUT2D eigenvalue weighted by molar-refractivity contribution is 5.87. The summed E-state index contributed by atoms with van der Waals surface area (Å²) in [5.74, 6) is -0.847. The first-order chi connectivity index (χ1) is 17.5. The molecule has 0 aliphatic heterocycles. The predicted octanol–water partition coefficient (Wildman–Crippen LogP) is 5.86. The molecule has 2 unspecified atom stereocenters. The standard InChI is InChI=1S/C28H26N2O6/c1-19(22-10-6-3-7-11-22)36-28(33)30-26-25(29-18-35-26)23-14-12-21(13-15-23)17-34-24(27(31)32)16-20-8-4-2-5-9-20/h2-15,18-19,24H,16-17H2,1H3,(H,30,33)(H,31,32). The second-order valence-electron chi connectivity index (χ2n) is 8.14. The van der Waals surface area contributed by atoms with Crippen molar-refractivity contribution in [3.63, 3.8) is 0 Å². The van der Waals surface area contributed by atoms with Gasteiger partial charge in [0.2, 0.25) is 5.88 Å². The Labute approximate surface area is 208 Å². The summed E-state index contributed by atoms with van der Waals surface area (Å²) in [6.07, 6.45) is -0.534. The molecule has 0 fully saturated rings. The molecule has 0 spiro atoms. The van der Waals surface area contributed by atoms with Crippen molar-refractivity contribution in [1.82, 2.24) is 4.98 Å². The Balaban J connectivity index is 1.35. The Bertz CT molecular complexity index is 1270. The van der Waals surface area contributed by atoms with Crippen LogP contribution in [0.5, 0.6) is 0 Å². The van der Waals surface area contributed by atoms with Crippen LogP contribution < -0.4 is 5.32 Å². The number of amides is 1. The topological polar surface area (TPSA) is 111 Å². The highest BCUT2D eigenvalue weighted by atomic mass is 16.6. The lowest BCUT2D eigenvalue weighted by Gasteiger charge is -2.14. The van der Waals surface area contributed by atoms with Crippen molar-refractivity contribution in [3.05, 3.63) is 108 Å². The van der Waals surface area contributed by atoms with E-state index < -0.39 is 24.3 Å². The van der Waals surface area contributed by atoms with Crippen LogP contribution in [0.1, 0.15) is 29.7 Å². The molecule has 0 aliphatic carbocycles. The number of carbonyl (C=O) groups excluding carboxylic acids is 1. The third kappa shape index (κ3) is 6.58. The number of nitrogens with zero attached hydrogens (tertiary/aromatic N) is 1. The van der Waals surface area contributed by atoms with Gasteiger partial charge < -0.3 is 19.0 Å². The zero-order valence-corrected chi connectivity index (χ0v) is 19.7. The molecule has 4 aromatic rings. The van der Waals surface area contributed by atoms with Crippen molar-refractivity contribution in [2.24, 2.45) is 0 Å². The minimum Gasteiger partial charge on any atom is -0.479 e. The zero-order chi connectivity index (χ0) is 25.3. The first-order valence-electron chi connectivity index (χ1n) is 11.4. The van der Waals surface area contributed by atoms with Gasteiger partial charge in [0.1, 0.15) is 11.8 Å². The minimum atomic E-state index is -1.01. The third-order valence-electron chi connectivity index (χ3n) is 5.55. The molecule has 0 saturated carbocycles. The van der Waals surface area contributed by atoms with Crippen molar-refractivity contribution in [3.8, 4) is 11.3 Å². The van der Waals surface area contributed by atoms with E-state index in [-0.39, 0.29) is 18.9 Å². The largest absolute Gasteiger partial charge is 0.479 e. The van der Waals surface area contributed by atoms with Crippen LogP contribution in [0.25, 0.3) is 11.3 Å². The van der Waals surface area contributed by atoms with Crippen LogP contribution in [0.3, 0.4) is 0 Å². The van der Waals surface area contributed by atoms with Gasteiger partial charge in [-0.15, -0.1) is 0 Å². The van der Waals surface area contributed by atoms with Crippen molar-refractivity contribution < 1.29 is 28.6 Å². The normalized spacial score (nSPS) is 12.5. The molecule has 1 aromatic heterocycles. The van der Waals surface area contributed by atoms with Gasteiger partial charge in [-0.05, 0) is 23.6 Å². The van der Waals surface area contributed by atoms with Crippen LogP contribution in [-0.4, -0.2) is 28.3 Å². The second-order valence-corrected chi connectivity index (χ2v) is 8.14. The molecule has 8 heteroatoms. The number of hydrogen-bond donors (Lipinski definition) is 2. The lowest BCUT2D eigenvalue weighted by molar-refractivity contribution is -0.151. The van der Waals surface area contributed by atoms with Gasteiger partial charge in [-0.1, -0.05) is 84.9 Å². The van der Waals surface area contributed by atoms with E-state index in [1.165, 1.54) is 6.39 Å². The van der Waals surface area contributed by atoms with E-state index in [1.807, 2.05) is 72.8 Å². The number of oxazole rings is 1. The van der Waals surface area contributed by atoms with E-state index in [9.17, 15) is 14.7 Å². The quantitative estimate of drug-likeness (QED) is 0.289. The monoisotopic (exact) mass is 486 g/mol. The summed E-state index contributed by atoms with van der Waals surface area (Å²) in [5.41, 5.74) is 3.71. The van der Waals surface area contributed by atoms with Gasteiger partial charge in [0, 0.05) is 12.0 Å². The summed E-state index contributed by atoms with van der Waals surface area (Å²) in [7, 11) is 0. The Morgan fingerprint density at radius 3 is 2.28 bits per heavy atom. The van der Waals surface area contributed by atoms with Crippen molar-refractivity contribution in [2.45, 2.75) is 32.2 Å². The highest BCUT2D eigenvalue weighted by Crippen LogP contribution is 2.28. The lowest BCUT2D eigenvalue weighted by Crippen LogP contribution is -2.26. The molecule has 36 heavy (non-hydrogen) atoms. The summed E-state index contributed by atoms with van der Waals surface area (Å²) >= 11 is 0. The molecule has 4 rings (SSSR count). The minimum absolute atomic E-state index is 0.137. The zero-order valence-electron chi connectivity index (χ0n) is 19.7. The third-order valence-corrected chi connectivity index (χ3v) is 5.55. The fourth-order valence-electron chi connectivity index (χ4n) is 3.62. The van der Waals surface area contributed by atoms with Crippen molar-refractivity contribution in [1.29, 1.82) is 0 Å². The lowest BCUT2D eigenvalue weighted by atomic mass is 10.1. The molecule has 0 aliphatic rings. The molecule has 2 atom stereocenters. The van der Waals surface area contributed by atoms with Gasteiger partial charge in [-0.3, -0.25) is 5.32 Å².